The smallest absolute Gasteiger partial charge is 0.227 e. The summed E-state index contributed by atoms with van der Waals surface area (Å²) < 4.78 is 46.1. The van der Waals surface area contributed by atoms with Gasteiger partial charge < -0.3 is 15.0 Å². The number of amides is 2. The van der Waals surface area contributed by atoms with Crippen LogP contribution in [0.5, 0.6) is 0 Å². The minimum Gasteiger partial charge on any atom is -0.381 e. The summed E-state index contributed by atoms with van der Waals surface area (Å²) in [6, 6.07) is 8.95. The fourth-order valence-corrected chi connectivity index (χ4v) is 4.13. The normalized spacial score (nSPS) is 21.0. The van der Waals surface area contributed by atoms with Gasteiger partial charge in [0.15, 0.2) is 0 Å². The molecule has 5 nitrogen and oxygen atoms in total. The van der Waals surface area contributed by atoms with Gasteiger partial charge in [0.25, 0.3) is 0 Å². The number of hydrogen-bond acceptors (Lipinski definition) is 3. The monoisotopic (exact) mass is 418 g/mol. The Morgan fingerprint density at radius 2 is 1.70 bits per heavy atom. The van der Waals surface area contributed by atoms with E-state index in [0.29, 0.717) is 32.1 Å². The van der Waals surface area contributed by atoms with Crippen LogP contribution in [0.2, 0.25) is 0 Å². The van der Waals surface area contributed by atoms with Gasteiger partial charge in [0, 0.05) is 32.2 Å². The molecule has 0 spiro atoms. The van der Waals surface area contributed by atoms with E-state index in [-0.39, 0.29) is 30.4 Å². The fraction of sp³-hybridized carbons (Fsp3) is 0.364. The number of hydrogen-bond donors (Lipinski definition) is 1. The van der Waals surface area contributed by atoms with E-state index >= 15 is 0 Å². The Morgan fingerprint density at radius 3 is 2.37 bits per heavy atom. The molecule has 4 rings (SSSR count). The zero-order valence-electron chi connectivity index (χ0n) is 16.2. The molecule has 2 amide bonds. The topological polar surface area (TPSA) is 58.6 Å². The molecule has 8 heteroatoms. The van der Waals surface area contributed by atoms with E-state index in [1.807, 2.05) is 0 Å². The van der Waals surface area contributed by atoms with E-state index in [4.69, 9.17) is 4.74 Å². The van der Waals surface area contributed by atoms with Crippen molar-refractivity contribution >= 4 is 17.5 Å². The largest absolute Gasteiger partial charge is 0.381 e. The predicted octanol–water partition coefficient (Wildman–Crippen LogP) is 3.28. The van der Waals surface area contributed by atoms with Crippen LogP contribution in [-0.4, -0.2) is 31.6 Å². The number of halogens is 3. The van der Waals surface area contributed by atoms with Gasteiger partial charge in [-0.05, 0) is 42.7 Å². The van der Waals surface area contributed by atoms with Gasteiger partial charge in [-0.2, -0.15) is 0 Å². The second-order valence-electron chi connectivity index (χ2n) is 7.69. The third kappa shape index (κ3) is 3.92. The molecular formula is C22H21F3N2O3. The van der Waals surface area contributed by atoms with Crippen LogP contribution < -0.4 is 10.2 Å². The van der Waals surface area contributed by atoms with Crippen molar-refractivity contribution in [1.82, 2.24) is 5.32 Å². The summed E-state index contributed by atoms with van der Waals surface area (Å²) in [5.41, 5.74) is 0.00277. The van der Waals surface area contributed by atoms with E-state index in [2.05, 4.69) is 5.32 Å². The molecule has 1 N–H and O–H groups in total. The summed E-state index contributed by atoms with van der Waals surface area (Å²) >= 11 is 0. The van der Waals surface area contributed by atoms with E-state index in [1.165, 1.54) is 23.1 Å². The van der Waals surface area contributed by atoms with Crippen molar-refractivity contribution in [2.24, 2.45) is 5.92 Å². The van der Waals surface area contributed by atoms with Crippen LogP contribution in [0.3, 0.4) is 0 Å². The van der Waals surface area contributed by atoms with Gasteiger partial charge in [-0.3, -0.25) is 9.59 Å². The first-order chi connectivity index (χ1) is 14.4. The molecule has 2 heterocycles. The highest BCUT2D eigenvalue weighted by atomic mass is 19.1. The first-order valence-electron chi connectivity index (χ1n) is 9.79. The van der Waals surface area contributed by atoms with Crippen molar-refractivity contribution in [3.05, 3.63) is 65.5 Å². The van der Waals surface area contributed by atoms with Gasteiger partial charge in [0.05, 0.1) is 17.1 Å². The third-order valence-electron chi connectivity index (χ3n) is 5.80. The van der Waals surface area contributed by atoms with E-state index < -0.39 is 29.0 Å². The molecule has 1 atom stereocenters. The number of ether oxygens (including phenoxy) is 1. The lowest BCUT2D eigenvalue weighted by Gasteiger charge is -2.39. The number of benzene rings is 2. The van der Waals surface area contributed by atoms with Gasteiger partial charge in [0.1, 0.15) is 17.5 Å². The molecule has 2 saturated heterocycles. The molecule has 0 aromatic heterocycles. The van der Waals surface area contributed by atoms with Crippen molar-refractivity contribution in [2.45, 2.75) is 24.8 Å². The summed E-state index contributed by atoms with van der Waals surface area (Å²) in [7, 11) is 0. The predicted molar refractivity (Wildman–Crippen MR) is 103 cm³/mol. The molecule has 158 valence electrons. The summed E-state index contributed by atoms with van der Waals surface area (Å²) in [5, 5.41) is 3.05. The van der Waals surface area contributed by atoms with Crippen molar-refractivity contribution in [1.29, 1.82) is 0 Å². The Bertz CT molecular complexity index is 959. The van der Waals surface area contributed by atoms with Crippen LogP contribution in [0.15, 0.2) is 42.5 Å². The lowest BCUT2D eigenvalue weighted by molar-refractivity contribution is -0.129. The number of rotatable bonds is 4. The van der Waals surface area contributed by atoms with Crippen molar-refractivity contribution in [2.75, 3.05) is 24.7 Å². The van der Waals surface area contributed by atoms with Gasteiger partial charge in [-0.15, -0.1) is 0 Å². The maximum absolute atomic E-state index is 14.1. The lowest BCUT2D eigenvalue weighted by Crippen LogP contribution is -2.51. The Morgan fingerprint density at radius 1 is 1.03 bits per heavy atom. The number of carbonyl (C=O) groups excluding carboxylic acids is 2. The SMILES string of the molecule is O=C(NC1(c2ccc(F)cc2)CCOCC1)C1CC(=O)N(c2ccc(F)cc2F)C1. The Kier molecular flexibility index (Phi) is 5.51. The maximum Gasteiger partial charge on any atom is 0.227 e. The van der Waals surface area contributed by atoms with E-state index in [0.717, 1.165) is 11.6 Å². The first-order valence-corrected chi connectivity index (χ1v) is 9.79. The summed E-state index contributed by atoms with van der Waals surface area (Å²) in [4.78, 5) is 26.7. The zero-order valence-corrected chi connectivity index (χ0v) is 16.2. The molecular weight excluding hydrogens is 397 g/mol. The number of anilines is 1. The molecule has 30 heavy (non-hydrogen) atoms. The standard InChI is InChI=1S/C22H21F3N2O3/c23-16-3-1-15(2-4-16)22(7-9-30-10-8-22)26-21(29)14-11-20(28)27(13-14)19-6-5-17(24)12-18(19)25/h1-6,12,14H,7-11,13H2,(H,26,29). The van der Waals surface area contributed by atoms with Crippen LogP contribution in [-0.2, 0) is 19.9 Å². The molecule has 2 fully saturated rings. The van der Waals surface area contributed by atoms with E-state index in [9.17, 15) is 22.8 Å². The molecule has 2 aliphatic heterocycles. The lowest BCUT2D eigenvalue weighted by atomic mass is 9.82. The second kappa shape index (κ2) is 8.10. The summed E-state index contributed by atoms with van der Waals surface area (Å²) in [6.45, 7) is 0.881. The Balaban J connectivity index is 1.53. The van der Waals surface area contributed by atoms with Crippen molar-refractivity contribution < 1.29 is 27.5 Å². The zero-order chi connectivity index (χ0) is 21.3. The Labute approximate surface area is 171 Å². The van der Waals surface area contributed by atoms with Gasteiger partial charge in [0.2, 0.25) is 11.8 Å². The highest BCUT2D eigenvalue weighted by molar-refractivity contribution is 6.00. The van der Waals surface area contributed by atoms with Crippen LogP contribution in [0.25, 0.3) is 0 Å². The Hall–Kier alpha value is -2.87. The van der Waals surface area contributed by atoms with E-state index in [1.54, 1.807) is 12.1 Å². The van der Waals surface area contributed by atoms with Crippen LogP contribution in [0.4, 0.5) is 18.9 Å². The van der Waals surface area contributed by atoms with Crippen LogP contribution in [0.1, 0.15) is 24.8 Å². The maximum atomic E-state index is 14.1. The molecule has 0 bridgehead atoms. The highest BCUT2D eigenvalue weighted by Crippen LogP contribution is 2.34. The molecule has 2 aromatic carbocycles. The number of nitrogens with one attached hydrogen (secondary N) is 1. The van der Waals surface area contributed by atoms with Gasteiger partial charge >= 0.3 is 0 Å². The molecule has 2 aromatic rings. The average Bonchev–Trinajstić information content (AvgIpc) is 3.11. The van der Waals surface area contributed by atoms with Crippen LogP contribution in [0, 0.1) is 23.4 Å². The molecule has 0 saturated carbocycles. The van der Waals surface area contributed by atoms with Crippen molar-refractivity contribution in [3.8, 4) is 0 Å². The first kappa shape index (κ1) is 20.4. The highest BCUT2D eigenvalue weighted by Gasteiger charge is 2.41. The van der Waals surface area contributed by atoms with Crippen molar-refractivity contribution in [3.63, 3.8) is 0 Å². The number of nitrogens with zero attached hydrogens (tertiary/aromatic N) is 1. The third-order valence-corrected chi connectivity index (χ3v) is 5.80. The molecule has 0 radical (unpaired) electrons. The minimum absolute atomic E-state index is 0.00319. The molecule has 2 aliphatic rings. The van der Waals surface area contributed by atoms with Crippen LogP contribution >= 0.6 is 0 Å². The van der Waals surface area contributed by atoms with Gasteiger partial charge in [-0.25, -0.2) is 13.2 Å². The minimum atomic E-state index is -0.850. The summed E-state index contributed by atoms with van der Waals surface area (Å²) in [6.07, 6.45) is 0.960. The second-order valence-corrected chi connectivity index (χ2v) is 7.69. The summed E-state index contributed by atoms with van der Waals surface area (Å²) in [5.74, 6) is -3.37. The molecule has 1 unspecified atom stereocenters. The average molecular weight is 418 g/mol. The quantitative estimate of drug-likeness (QED) is 0.829. The fourth-order valence-electron chi connectivity index (χ4n) is 4.13. The molecule has 0 aliphatic carbocycles. The van der Waals surface area contributed by atoms with Gasteiger partial charge in [-0.1, -0.05) is 12.1 Å². The number of carbonyl (C=O) groups is 2.